The Morgan fingerprint density at radius 2 is 2.11 bits per heavy atom. The van der Waals surface area contributed by atoms with E-state index in [9.17, 15) is 0 Å². The van der Waals surface area contributed by atoms with Crippen molar-refractivity contribution >= 4 is 0 Å². The number of aromatic nitrogens is 2. The van der Waals surface area contributed by atoms with E-state index in [1.807, 2.05) is 36.0 Å². The molecule has 4 heteroatoms. The highest BCUT2D eigenvalue weighted by atomic mass is 16.5. The van der Waals surface area contributed by atoms with E-state index in [0.717, 1.165) is 25.1 Å². The normalized spacial score (nSPS) is 12.3. The van der Waals surface area contributed by atoms with Crippen LogP contribution in [0.2, 0.25) is 0 Å². The van der Waals surface area contributed by atoms with Gasteiger partial charge in [0.2, 0.25) is 0 Å². The standard InChI is InChI=1S/C15H21N3O/c1-13(16)3-4-14-5-7-15(8-6-14)19-12-11-18-10-2-9-17-18/h2,5-10,13H,3-4,11-12,16H2,1H3. The van der Waals surface area contributed by atoms with Gasteiger partial charge in [-0.1, -0.05) is 12.1 Å². The van der Waals surface area contributed by atoms with E-state index in [2.05, 4.69) is 17.2 Å². The van der Waals surface area contributed by atoms with Gasteiger partial charge in [0.05, 0.1) is 6.54 Å². The molecule has 1 atom stereocenters. The lowest BCUT2D eigenvalue weighted by Gasteiger charge is -2.08. The molecule has 1 unspecified atom stereocenters. The van der Waals surface area contributed by atoms with Crippen LogP contribution in [0.1, 0.15) is 18.9 Å². The zero-order valence-corrected chi connectivity index (χ0v) is 11.3. The summed E-state index contributed by atoms with van der Waals surface area (Å²) >= 11 is 0. The first kappa shape index (κ1) is 13.6. The van der Waals surface area contributed by atoms with Crippen LogP contribution in [0, 0.1) is 0 Å². The molecule has 0 bridgehead atoms. The zero-order chi connectivity index (χ0) is 13.5. The Hall–Kier alpha value is -1.81. The Balaban J connectivity index is 1.75. The van der Waals surface area contributed by atoms with Crippen LogP contribution in [-0.2, 0) is 13.0 Å². The van der Waals surface area contributed by atoms with E-state index in [1.165, 1.54) is 5.56 Å². The van der Waals surface area contributed by atoms with Gasteiger partial charge in [-0.05, 0) is 43.5 Å². The Morgan fingerprint density at radius 1 is 1.32 bits per heavy atom. The van der Waals surface area contributed by atoms with Crippen LogP contribution < -0.4 is 10.5 Å². The second-order valence-electron chi connectivity index (χ2n) is 4.78. The van der Waals surface area contributed by atoms with Crippen molar-refractivity contribution in [2.45, 2.75) is 32.4 Å². The molecule has 1 aromatic heterocycles. The van der Waals surface area contributed by atoms with Crippen LogP contribution in [0.25, 0.3) is 0 Å². The number of aryl methyl sites for hydroxylation is 1. The van der Waals surface area contributed by atoms with Crippen molar-refractivity contribution in [3.8, 4) is 5.75 Å². The number of nitrogens with zero attached hydrogens (tertiary/aromatic N) is 2. The second kappa shape index (κ2) is 6.95. The first-order chi connectivity index (χ1) is 9.24. The van der Waals surface area contributed by atoms with Gasteiger partial charge < -0.3 is 10.5 Å². The lowest BCUT2D eigenvalue weighted by atomic mass is 10.1. The summed E-state index contributed by atoms with van der Waals surface area (Å²) in [5.41, 5.74) is 7.05. The summed E-state index contributed by atoms with van der Waals surface area (Å²) in [5.74, 6) is 0.900. The minimum atomic E-state index is 0.255. The van der Waals surface area contributed by atoms with Gasteiger partial charge in [0.15, 0.2) is 0 Å². The van der Waals surface area contributed by atoms with E-state index < -0.39 is 0 Å². The van der Waals surface area contributed by atoms with Crippen molar-refractivity contribution in [1.29, 1.82) is 0 Å². The molecule has 0 saturated carbocycles. The summed E-state index contributed by atoms with van der Waals surface area (Å²) in [6, 6.07) is 10.4. The molecular weight excluding hydrogens is 238 g/mol. The molecule has 2 rings (SSSR count). The molecule has 0 aliphatic carbocycles. The molecule has 4 nitrogen and oxygen atoms in total. The molecule has 1 heterocycles. The topological polar surface area (TPSA) is 53.1 Å². The number of nitrogens with two attached hydrogens (primary N) is 1. The van der Waals surface area contributed by atoms with Gasteiger partial charge in [0, 0.05) is 18.4 Å². The van der Waals surface area contributed by atoms with Gasteiger partial charge >= 0.3 is 0 Å². The highest BCUT2D eigenvalue weighted by Gasteiger charge is 1.99. The molecule has 0 radical (unpaired) electrons. The predicted octanol–water partition coefficient (Wildman–Crippen LogP) is 2.24. The smallest absolute Gasteiger partial charge is 0.119 e. The van der Waals surface area contributed by atoms with Gasteiger partial charge in [0.25, 0.3) is 0 Å². The quantitative estimate of drug-likeness (QED) is 0.829. The molecule has 0 saturated heterocycles. The molecule has 0 spiro atoms. The van der Waals surface area contributed by atoms with Crippen LogP contribution in [0.4, 0.5) is 0 Å². The molecule has 2 aromatic rings. The van der Waals surface area contributed by atoms with Crippen LogP contribution in [0.3, 0.4) is 0 Å². The molecule has 1 aromatic carbocycles. The lowest BCUT2D eigenvalue weighted by Crippen LogP contribution is -2.15. The summed E-state index contributed by atoms with van der Waals surface area (Å²) < 4.78 is 7.53. The predicted molar refractivity (Wildman–Crippen MR) is 76.1 cm³/mol. The third kappa shape index (κ3) is 4.75. The van der Waals surface area contributed by atoms with Crippen LogP contribution >= 0.6 is 0 Å². The third-order valence-corrected chi connectivity index (χ3v) is 2.96. The second-order valence-corrected chi connectivity index (χ2v) is 4.78. The van der Waals surface area contributed by atoms with Crippen molar-refractivity contribution in [2.24, 2.45) is 5.73 Å². The van der Waals surface area contributed by atoms with Gasteiger partial charge in [-0.2, -0.15) is 5.10 Å². The monoisotopic (exact) mass is 259 g/mol. The fraction of sp³-hybridized carbons (Fsp3) is 0.400. The SMILES string of the molecule is CC(N)CCc1ccc(OCCn2cccn2)cc1. The van der Waals surface area contributed by atoms with Crippen LogP contribution in [0.5, 0.6) is 5.75 Å². The molecule has 0 amide bonds. The van der Waals surface area contributed by atoms with Crippen molar-refractivity contribution < 1.29 is 4.74 Å². The highest BCUT2D eigenvalue weighted by molar-refractivity contribution is 5.27. The van der Waals surface area contributed by atoms with Crippen molar-refractivity contribution in [1.82, 2.24) is 9.78 Å². The largest absolute Gasteiger partial charge is 0.492 e. The fourth-order valence-electron chi connectivity index (χ4n) is 1.84. The summed E-state index contributed by atoms with van der Waals surface area (Å²) in [5, 5.41) is 4.13. The molecule has 19 heavy (non-hydrogen) atoms. The number of rotatable bonds is 7. The molecule has 0 aliphatic heterocycles. The minimum absolute atomic E-state index is 0.255. The average Bonchev–Trinajstić information content (AvgIpc) is 2.91. The summed E-state index contributed by atoms with van der Waals surface area (Å²) in [6.45, 7) is 3.42. The van der Waals surface area contributed by atoms with Gasteiger partial charge in [-0.3, -0.25) is 4.68 Å². The number of hydrogen-bond acceptors (Lipinski definition) is 3. The molecule has 0 aliphatic rings. The lowest BCUT2D eigenvalue weighted by molar-refractivity contribution is 0.291. The number of benzene rings is 1. The molecular formula is C15H21N3O. The van der Waals surface area contributed by atoms with E-state index in [0.29, 0.717) is 6.61 Å². The Labute approximate surface area is 114 Å². The van der Waals surface area contributed by atoms with E-state index in [1.54, 1.807) is 6.20 Å². The first-order valence-corrected chi connectivity index (χ1v) is 6.69. The maximum Gasteiger partial charge on any atom is 0.119 e. The van der Waals surface area contributed by atoms with Gasteiger partial charge in [0.1, 0.15) is 12.4 Å². The summed E-state index contributed by atoms with van der Waals surface area (Å²) in [7, 11) is 0. The Kier molecular flexibility index (Phi) is 4.98. The van der Waals surface area contributed by atoms with E-state index >= 15 is 0 Å². The maximum absolute atomic E-state index is 5.75. The summed E-state index contributed by atoms with van der Waals surface area (Å²) in [4.78, 5) is 0. The highest BCUT2D eigenvalue weighted by Crippen LogP contribution is 2.13. The summed E-state index contributed by atoms with van der Waals surface area (Å²) in [6.07, 6.45) is 5.73. The van der Waals surface area contributed by atoms with Crippen LogP contribution in [-0.4, -0.2) is 22.4 Å². The molecule has 102 valence electrons. The Morgan fingerprint density at radius 3 is 2.74 bits per heavy atom. The molecule has 2 N–H and O–H groups in total. The van der Waals surface area contributed by atoms with Crippen molar-refractivity contribution in [2.75, 3.05) is 6.61 Å². The fourth-order valence-corrected chi connectivity index (χ4v) is 1.84. The van der Waals surface area contributed by atoms with Crippen molar-refractivity contribution in [3.05, 3.63) is 48.3 Å². The molecule has 0 fully saturated rings. The van der Waals surface area contributed by atoms with Gasteiger partial charge in [-0.15, -0.1) is 0 Å². The minimum Gasteiger partial charge on any atom is -0.492 e. The maximum atomic E-state index is 5.75. The van der Waals surface area contributed by atoms with Crippen molar-refractivity contribution in [3.63, 3.8) is 0 Å². The number of hydrogen-bond donors (Lipinski definition) is 1. The first-order valence-electron chi connectivity index (χ1n) is 6.69. The zero-order valence-electron chi connectivity index (χ0n) is 11.3. The van der Waals surface area contributed by atoms with Crippen LogP contribution in [0.15, 0.2) is 42.7 Å². The Bertz CT molecular complexity index is 463. The average molecular weight is 259 g/mol. The van der Waals surface area contributed by atoms with E-state index in [4.69, 9.17) is 10.5 Å². The third-order valence-electron chi connectivity index (χ3n) is 2.96. The number of ether oxygens (including phenoxy) is 1. The van der Waals surface area contributed by atoms with E-state index in [-0.39, 0.29) is 6.04 Å². The van der Waals surface area contributed by atoms with Gasteiger partial charge in [-0.25, -0.2) is 0 Å².